The Bertz CT molecular complexity index is 402. The largest absolute Gasteiger partial charge is 0.371 e. The van der Waals surface area contributed by atoms with Crippen LogP contribution in [-0.4, -0.2) is 19.1 Å². The van der Waals surface area contributed by atoms with Crippen LogP contribution in [0.3, 0.4) is 0 Å². The van der Waals surface area contributed by atoms with Gasteiger partial charge in [-0.15, -0.1) is 0 Å². The lowest BCUT2D eigenvalue weighted by Crippen LogP contribution is -2.21. The van der Waals surface area contributed by atoms with Gasteiger partial charge in [0.15, 0.2) is 0 Å². The van der Waals surface area contributed by atoms with E-state index in [-0.39, 0.29) is 6.04 Å². The van der Waals surface area contributed by atoms with Crippen LogP contribution in [-0.2, 0) is 6.42 Å². The van der Waals surface area contributed by atoms with Crippen molar-refractivity contribution in [3.05, 3.63) is 29.3 Å². The standard InChI is InChI=1S/C16H26N2/c1-11-7-16(6-5-15(11)8-14(4)17)18-9-12(2)13(3)10-18/h5-7,12-14H,8-10,17H2,1-4H3. The van der Waals surface area contributed by atoms with Crippen LogP contribution in [0.15, 0.2) is 18.2 Å². The first-order chi connectivity index (χ1) is 8.47. The zero-order valence-electron chi connectivity index (χ0n) is 12.1. The normalized spacial score (nSPS) is 25.5. The molecule has 100 valence electrons. The van der Waals surface area contributed by atoms with Gasteiger partial charge in [0, 0.05) is 24.8 Å². The lowest BCUT2D eigenvalue weighted by atomic mass is 10.0. The van der Waals surface area contributed by atoms with Crippen molar-refractivity contribution < 1.29 is 0 Å². The SMILES string of the molecule is Cc1cc(N2CC(C)C(C)C2)ccc1CC(C)N. The lowest BCUT2D eigenvalue weighted by molar-refractivity contribution is 0.494. The van der Waals surface area contributed by atoms with E-state index >= 15 is 0 Å². The van der Waals surface area contributed by atoms with Crippen molar-refractivity contribution in [1.29, 1.82) is 0 Å². The molecule has 2 heteroatoms. The van der Waals surface area contributed by atoms with Gasteiger partial charge in [-0.1, -0.05) is 19.9 Å². The Hall–Kier alpha value is -1.02. The summed E-state index contributed by atoms with van der Waals surface area (Å²) >= 11 is 0. The van der Waals surface area contributed by atoms with E-state index in [4.69, 9.17) is 5.73 Å². The molecular formula is C16H26N2. The second-order valence-electron chi connectivity index (χ2n) is 6.15. The topological polar surface area (TPSA) is 29.3 Å². The summed E-state index contributed by atoms with van der Waals surface area (Å²) in [5, 5.41) is 0. The highest BCUT2D eigenvalue weighted by molar-refractivity contribution is 5.52. The third kappa shape index (κ3) is 2.86. The highest BCUT2D eigenvalue weighted by Gasteiger charge is 2.26. The second-order valence-corrected chi connectivity index (χ2v) is 6.15. The predicted octanol–water partition coefficient (Wildman–Crippen LogP) is 2.98. The Morgan fingerprint density at radius 1 is 1.28 bits per heavy atom. The van der Waals surface area contributed by atoms with E-state index in [1.807, 2.05) is 0 Å². The van der Waals surface area contributed by atoms with Crippen LogP contribution in [0.4, 0.5) is 5.69 Å². The fourth-order valence-electron chi connectivity index (χ4n) is 2.79. The minimum atomic E-state index is 0.237. The molecular weight excluding hydrogens is 220 g/mol. The van der Waals surface area contributed by atoms with Crippen molar-refractivity contribution >= 4 is 5.69 Å². The Morgan fingerprint density at radius 2 is 1.89 bits per heavy atom. The minimum Gasteiger partial charge on any atom is -0.371 e. The van der Waals surface area contributed by atoms with Gasteiger partial charge in [0.05, 0.1) is 0 Å². The summed E-state index contributed by atoms with van der Waals surface area (Å²) in [6, 6.07) is 7.07. The zero-order chi connectivity index (χ0) is 13.3. The van der Waals surface area contributed by atoms with Crippen LogP contribution in [0.5, 0.6) is 0 Å². The van der Waals surface area contributed by atoms with E-state index in [1.165, 1.54) is 29.9 Å². The third-order valence-electron chi connectivity index (χ3n) is 4.22. The Kier molecular flexibility index (Phi) is 3.96. The van der Waals surface area contributed by atoms with E-state index < -0.39 is 0 Å². The first-order valence-corrected chi connectivity index (χ1v) is 7.07. The second kappa shape index (κ2) is 5.31. The molecule has 0 aliphatic carbocycles. The fraction of sp³-hybridized carbons (Fsp3) is 0.625. The molecule has 3 unspecified atom stereocenters. The van der Waals surface area contributed by atoms with Crippen LogP contribution in [0.2, 0.25) is 0 Å². The molecule has 3 atom stereocenters. The molecule has 0 aromatic heterocycles. The molecule has 0 saturated carbocycles. The monoisotopic (exact) mass is 246 g/mol. The van der Waals surface area contributed by atoms with Gasteiger partial charge in [-0.25, -0.2) is 0 Å². The number of benzene rings is 1. The quantitative estimate of drug-likeness (QED) is 0.888. The summed E-state index contributed by atoms with van der Waals surface area (Å²) in [5.74, 6) is 1.60. The van der Waals surface area contributed by atoms with Gasteiger partial charge in [-0.05, 0) is 55.4 Å². The average Bonchev–Trinajstić information content (AvgIpc) is 2.62. The van der Waals surface area contributed by atoms with Crippen molar-refractivity contribution in [2.24, 2.45) is 17.6 Å². The average molecular weight is 246 g/mol. The molecule has 2 nitrogen and oxygen atoms in total. The first-order valence-electron chi connectivity index (χ1n) is 7.07. The van der Waals surface area contributed by atoms with E-state index in [9.17, 15) is 0 Å². The molecule has 1 saturated heterocycles. The first kappa shape index (κ1) is 13.4. The van der Waals surface area contributed by atoms with Gasteiger partial charge in [0.1, 0.15) is 0 Å². The molecule has 1 aliphatic rings. The molecule has 2 rings (SSSR count). The van der Waals surface area contributed by atoms with Gasteiger partial charge < -0.3 is 10.6 Å². The fourth-order valence-corrected chi connectivity index (χ4v) is 2.79. The number of aryl methyl sites for hydroxylation is 1. The maximum absolute atomic E-state index is 5.88. The van der Waals surface area contributed by atoms with Crippen LogP contribution < -0.4 is 10.6 Å². The molecule has 1 aromatic carbocycles. The summed E-state index contributed by atoms with van der Waals surface area (Å²) in [6.07, 6.45) is 0.971. The molecule has 2 N–H and O–H groups in total. The van der Waals surface area contributed by atoms with Crippen molar-refractivity contribution in [3.8, 4) is 0 Å². The number of nitrogens with two attached hydrogens (primary N) is 1. The number of hydrogen-bond donors (Lipinski definition) is 1. The molecule has 1 aliphatic heterocycles. The van der Waals surface area contributed by atoms with Crippen LogP contribution in [0.25, 0.3) is 0 Å². The van der Waals surface area contributed by atoms with Crippen LogP contribution >= 0.6 is 0 Å². The number of hydrogen-bond acceptors (Lipinski definition) is 2. The van der Waals surface area contributed by atoms with Crippen LogP contribution in [0.1, 0.15) is 31.9 Å². The van der Waals surface area contributed by atoms with Gasteiger partial charge >= 0.3 is 0 Å². The molecule has 0 bridgehead atoms. The Balaban J connectivity index is 2.14. The zero-order valence-corrected chi connectivity index (χ0v) is 12.1. The van der Waals surface area contributed by atoms with Crippen molar-refractivity contribution in [2.75, 3.05) is 18.0 Å². The van der Waals surface area contributed by atoms with Gasteiger partial charge in [-0.3, -0.25) is 0 Å². The summed E-state index contributed by atoms with van der Waals surface area (Å²) in [4.78, 5) is 2.51. The highest BCUT2D eigenvalue weighted by Crippen LogP contribution is 2.29. The van der Waals surface area contributed by atoms with Crippen molar-refractivity contribution in [3.63, 3.8) is 0 Å². The highest BCUT2D eigenvalue weighted by atomic mass is 15.2. The van der Waals surface area contributed by atoms with E-state index in [0.29, 0.717) is 0 Å². The van der Waals surface area contributed by atoms with Gasteiger partial charge in [0.25, 0.3) is 0 Å². The molecule has 0 spiro atoms. The number of rotatable bonds is 3. The maximum atomic E-state index is 5.88. The molecule has 0 amide bonds. The van der Waals surface area contributed by atoms with Crippen LogP contribution in [0, 0.1) is 18.8 Å². The molecule has 1 fully saturated rings. The summed E-state index contributed by atoms with van der Waals surface area (Å²) in [6.45, 7) is 11.3. The van der Waals surface area contributed by atoms with E-state index in [2.05, 4.69) is 50.8 Å². The summed E-state index contributed by atoms with van der Waals surface area (Å²) in [5.41, 5.74) is 10.0. The lowest BCUT2D eigenvalue weighted by Gasteiger charge is -2.20. The van der Waals surface area contributed by atoms with Crippen molar-refractivity contribution in [2.45, 2.75) is 40.2 Å². The maximum Gasteiger partial charge on any atom is 0.0369 e. The smallest absolute Gasteiger partial charge is 0.0369 e. The summed E-state index contributed by atoms with van der Waals surface area (Å²) < 4.78 is 0. The van der Waals surface area contributed by atoms with Gasteiger partial charge in [-0.2, -0.15) is 0 Å². The summed E-state index contributed by atoms with van der Waals surface area (Å²) in [7, 11) is 0. The number of nitrogens with zero attached hydrogens (tertiary/aromatic N) is 1. The minimum absolute atomic E-state index is 0.237. The molecule has 18 heavy (non-hydrogen) atoms. The molecule has 1 aromatic rings. The number of anilines is 1. The third-order valence-corrected chi connectivity index (χ3v) is 4.22. The predicted molar refractivity (Wildman–Crippen MR) is 79.1 cm³/mol. The van der Waals surface area contributed by atoms with Crippen molar-refractivity contribution in [1.82, 2.24) is 0 Å². The van der Waals surface area contributed by atoms with Gasteiger partial charge in [0.2, 0.25) is 0 Å². The molecule has 1 heterocycles. The van der Waals surface area contributed by atoms with E-state index in [0.717, 1.165) is 18.3 Å². The van der Waals surface area contributed by atoms with E-state index in [1.54, 1.807) is 0 Å². The Morgan fingerprint density at radius 3 is 2.39 bits per heavy atom. The molecule has 0 radical (unpaired) electrons. The Labute approximate surface area is 111 Å².